The third-order valence-corrected chi connectivity index (χ3v) is 5.58. The van der Waals surface area contributed by atoms with Crippen molar-refractivity contribution in [3.63, 3.8) is 0 Å². The van der Waals surface area contributed by atoms with Gasteiger partial charge in [-0.2, -0.15) is 0 Å². The average molecular weight is 481 g/mol. The van der Waals surface area contributed by atoms with E-state index >= 15 is 0 Å². The maximum Gasteiger partial charge on any atom is 0.264 e. The second kappa shape index (κ2) is 7.62. The van der Waals surface area contributed by atoms with Crippen molar-refractivity contribution in [2.24, 2.45) is 0 Å². The molecule has 0 aliphatic carbocycles. The van der Waals surface area contributed by atoms with E-state index in [9.17, 15) is 14.7 Å². The van der Waals surface area contributed by atoms with Crippen LogP contribution in [0, 0.1) is 0 Å². The van der Waals surface area contributed by atoms with E-state index < -0.39 is 11.5 Å². The normalized spacial score (nSPS) is 18.9. The molecule has 4 nitrogen and oxygen atoms in total. The summed E-state index contributed by atoms with van der Waals surface area (Å²) in [6.07, 6.45) is 1.48. The molecule has 0 aromatic heterocycles. The van der Waals surface area contributed by atoms with Crippen molar-refractivity contribution in [2.75, 3.05) is 11.4 Å². The molecule has 0 saturated heterocycles. The van der Waals surface area contributed by atoms with Gasteiger partial charge in [0.25, 0.3) is 5.91 Å². The standard InChI is InChI=1S/C20H19Br2NO3/c1-2-3-9-23-17-8-7-15(22)11-16(17)20(26,19(23)25)12-18(24)13-5-4-6-14(21)10-13/h4-8,10-11,26H,2-3,9,12H2,1H3/t20-/m1/s1. The molecule has 3 rings (SSSR count). The highest BCUT2D eigenvalue weighted by Gasteiger charge is 2.50. The number of amides is 1. The smallest absolute Gasteiger partial charge is 0.264 e. The van der Waals surface area contributed by atoms with Crippen LogP contribution >= 0.6 is 31.9 Å². The fourth-order valence-electron chi connectivity index (χ4n) is 3.23. The van der Waals surface area contributed by atoms with Crippen molar-refractivity contribution in [1.29, 1.82) is 0 Å². The van der Waals surface area contributed by atoms with Crippen molar-refractivity contribution >= 4 is 49.2 Å². The van der Waals surface area contributed by atoms with Crippen molar-refractivity contribution in [3.8, 4) is 0 Å². The van der Waals surface area contributed by atoms with Gasteiger partial charge in [0, 0.05) is 26.6 Å². The number of ketones is 1. The fraction of sp³-hybridized carbons (Fsp3) is 0.300. The molecule has 1 aliphatic heterocycles. The number of hydrogen-bond acceptors (Lipinski definition) is 3. The first-order valence-corrected chi connectivity index (χ1v) is 10.1. The number of anilines is 1. The zero-order valence-corrected chi connectivity index (χ0v) is 17.5. The van der Waals surface area contributed by atoms with Gasteiger partial charge < -0.3 is 10.0 Å². The van der Waals surface area contributed by atoms with Gasteiger partial charge in [0.15, 0.2) is 11.4 Å². The quantitative estimate of drug-likeness (QED) is 0.603. The van der Waals surface area contributed by atoms with Crippen LogP contribution in [0.25, 0.3) is 0 Å². The monoisotopic (exact) mass is 479 g/mol. The summed E-state index contributed by atoms with van der Waals surface area (Å²) in [4.78, 5) is 27.4. The van der Waals surface area contributed by atoms with Crippen molar-refractivity contribution < 1.29 is 14.7 Å². The van der Waals surface area contributed by atoms with Crippen LogP contribution in [0.3, 0.4) is 0 Å². The molecular formula is C20H19Br2NO3. The van der Waals surface area contributed by atoms with Gasteiger partial charge >= 0.3 is 0 Å². The Hall–Kier alpha value is -1.50. The lowest BCUT2D eigenvalue weighted by Gasteiger charge is -2.22. The molecule has 2 aromatic carbocycles. The molecule has 6 heteroatoms. The number of carbonyl (C=O) groups is 2. The van der Waals surface area contributed by atoms with Crippen LogP contribution in [-0.2, 0) is 10.4 Å². The molecule has 136 valence electrons. The van der Waals surface area contributed by atoms with Crippen molar-refractivity contribution in [3.05, 3.63) is 62.5 Å². The number of Topliss-reactive ketones (excluding diaryl/α,β-unsaturated/α-hetero) is 1. The third kappa shape index (κ3) is 3.50. The molecule has 26 heavy (non-hydrogen) atoms. The summed E-state index contributed by atoms with van der Waals surface area (Å²) < 4.78 is 1.54. The Kier molecular flexibility index (Phi) is 5.65. The predicted molar refractivity (Wildman–Crippen MR) is 108 cm³/mol. The first-order valence-electron chi connectivity index (χ1n) is 8.50. The lowest BCUT2D eigenvalue weighted by Crippen LogP contribution is -2.42. The van der Waals surface area contributed by atoms with E-state index in [2.05, 4.69) is 31.9 Å². The van der Waals surface area contributed by atoms with Crippen LogP contribution < -0.4 is 4.90 Å². The van der Waals surface area contributed by atoms with E-state index in [-0.39, 0.29) is 12.2 Å². The number of halogens is 2. The molecule has 1 atom stereocenters. The number of aliphatic hydroxyl groups is 1. The van der Waals surface area contributed by atoms with E-state index in [1.54, 1.807) is 29.2 Å². The molecular weight excluding hydrogens is 462 g/mol. The van der Waals surface area contributed by atoms with E-state index in [1.165, 1.54) is 0 Å². The number of rotatable bonds is 6. The first kappa shape index (κ1) is 19.3. The predicted octanol–water partition coefficient (Wildman–Crippen LogP) is 4.82. The molecule has 0 fully saturated rings. The molecule has 1 amide bonds. The Labute approximate surface area is 169 Å². The van der Waals surface area contributed by atoms with Gasteiger partial charge in [-0.1, -0.05) is 57.3 Å². The van der Waals surface area contributed by atoms with E-state index in [0.717, 1.165) is 21.8 Å². The summed E-state index contributed by atoms with van der Waals surface area (Å²) in [7, 11) is 0. The van der Waals surface area contributed by atoms with Gasteiger partial charge in [-0.05, 0) is 36.8 Å². The van der Waals surface area contributed by atoms with Gasteiger partial charge in [-0.3, -0.25) is 9.59 Å². The number of nitrogens with zero attached hydrogens (tertiary/aromatic N) is 1. The van der Waals surface area contributed by atoms with Crippen LogP contribution in [0.1, 0.15) is 42.1 Å². The van der Waals surface area contributed by atoms with Crippen LogP contribution in [0.5, 0.6) is 0 Å². The Morgan fingerprint density at radius 1 is 1.15 bits per heavy atom. The number of benzene rings is 2. The van der Waals surface area contributed by atoms with Crippen molar-refractivity contribution in [2.45, 2.75) is 31.8 Å². The average Bonchev–Trinajstić information content (AvgIpc) is 2.81. The Bertz CT molecular complexity index is 868. The Morgan fingerprint density at radius 3 is 2.58 bits per heavy atom. The van der Waals surface area contributed by atoms with Gasteiger partial charge in [0.05, 0.1) is 12.1 Å². The lowest BCUT2D eigenvalue weighted by atomic mass is 9.88. The topological polar surface area (TPSA) is 57.6 Å². The van der Waals surface area contributed by atoms with E-state index in [1.807, 2.05) is 25.1 Å². The second-order valence-corrected chi connectivity index (χ2v) is 8.27. The Morgan fingerprint density at radius 2 is 1.88 bits per heavy atom. The molecule has 1 heterocycles. The van der Waals surface area contributed by atoms with Gasteiger partial charge in [-0.25, -0.2) is 0 Å². The summed E-state index contributed by atoms with van der Waals surface area (Å²) in [5.41, 5.74) is -0.219. The molecule has 0 bridgehead atoms. The number of unbranched alkanes of at least 4 members (excludes halogenated alkanes) is 1. The van der Waals surface area contributed by atoms with Crippen molar-refractivity contribution in [1.82, 2.24) is 0 Å². The minimum absolute atomic E-state index is 0.273. The minimum Gasteiger partial charge on any atom is -0.375 e. The molecule has 2 aromatic rings. The maximum absolute atomic E-state index is 13.0. The largest absolute Gasteiger partial charge is 0.375 e. The summed E-state index contributed by atoms with van der Waals surface area (Å²) in [6.45, 7) is 2.57. The van der Waals surface area contributed by atoms with Gasteiger partial charge in [0.1, 0.15) is 0 Å². The first-order chi connectivity index (χ1) is 12.4. The summed E-state index contributed by atoms with van der Waals surface area (Å²) in [5, 5.41) is 11.3. The summed E-state index contributed by atoms with van der Waals surface area (Å²) >= 11 is 6.74. The number of carbonyl (C=O) groups excluding carboxylic acids is 2. The Balaban J connectivity index is 1.98. The lowest BCUT2D eigenvalue weighted by molar-refractivity contribution is -0.135. The molecule has 1 aliphatic rings. The highest BCUT2D eigenvalue weighted by atomic mass is 79.9. The highest BCUT2D eigenvalue weighted by molar-refractivity contribution is 9.10. The van der Waals surface area contributed by atoms with Crippen LogP contribution in [0.2, 0.25) is 0 Å². The van der Waals surface area contributed by atoms with Crippen LogP contribution in [0.15, 0.2) is 51.4 Å². The zero-order valence-electron chi connectivity index (χ0n) is 14.3. The van der Waals surface area contributed by atoms with Crippen LogP contribution in [0.4, 0.5) is 5.69 Å². The zero-order chi connectivity index (χ0) is 18.9. The molecule has 0 unspecified atom stereocenters. The summed E-state index contributed by atoms with van der Waals surface area (Å²) in [5.74, 6) is -0.701. The van der Waals surface area contributed by atoms with Gasteiger partial charge in [-0.15, -0.1) is 0 Å². The number of fused-ring (bicyclic) bond motifs is 1. The van der Waals surface area contributed by atoms with E-state index in [4.69, 9.17) is 0 Å². The number of hydrogen-bond donors (Lipinski definition) is 1. The summed E-state index contributed by atoms with van der Waals surface area (Å²) in [6, 6.07) is 12.4. The third-order valence-electron chi connectivity index (χ3n) is 4.59. The second-order valence-electron chi connectivity index (χ2n) is 6.44. The highest BCUT2D eigenvalue weighted by Crippen LogP contribution is 2.44. The molecule has 0 spiro atoms. The fourth-order valence-corrected chi connectivity index (χ4v) is 3.99. The molecule has 0 radical (unpaired) electrons. The van der Waals surface area contributed by atoms with E-state index in [0.29, 0.717) is 23.4 Å². The molecule has 0 saturated carbocycles. The van der Waals surface area contributed by atoms with Crippen LogP contribution in [-0.4, -0.2) is 23.3 Å². The van der Waals surface area contributed by atoms with Gasteiger partial charge in [0.2, 0.25) is 0 Å². The maximum atomic E-state index is 13.0. The minimum atomic E-state index is -1.84. The molecule has 1 N–H and O–H groups in total. The SMILES string of the molecule is CCCCN1C(=O)[C@@](O)(CC(=O)c2cccc(Br)c2)c2cc(Br)ccc21.